The number of nitrogens with two attached hydrogens (primary N) is 1. The molecule has 1 heterocycles. The minimum absolute atomic E-state index is 0.498. The number of methoxy groups -OCH3 is 1. The number of ether oxygens (including phenoxy) is 1. The van der Waals surface area contributed by atoms with E-state index in [1.54, 1.807) is 0 Å². The van der Waals surface area contributed by atoms with Gasteiger partial charge in [-0.1, -0.05) is 13.3 Å². The zero-order valence-electron chi connectivity index (χ0n) is 10.2. The van der Waals surface area contributed by atoms with Gasteiger partial charge in [-0.25, -0.2) is 0 Å². The molecule has 0 aromatic carbocycles. The van der Waals surface area contributed by atoms with E-state index in [0.29, 0.717) is 12.0 Å². The summed E-state index contributed by atoms with van der Waals surface area (Å²) >= 11 is 0. The summed E-state index contributed by atoms with van der Waals surface area (Å²) in [5.74, 6) is 0.713. The first-order valence-corrected chi connectivity index (χ1v) is 6.25. The van der Waals surface area contributed by atoms with Gasteiger partial charge >= 0.3 is 0 Å². The zero-order valence-corrected chi connectivity index (χ0v) is 10.2. The van der Waals surface area contributed by atoms with Gasteiger partial charge in [-0.05, 0) is 38.3 Å². The summed E-state index contributed by atoms with van der Waals surface area (Å²) in [5.41, 5.74) is 5.70. The average molecular weight is 214 g/mol. The lowest BCUT2D eigenvalue weighted by atomic mass is 10.0. The van der Waals surface area contributed by atoms with Crippen molar-refractivity contribution in [2.24, 2.45) is 11.7 Å². The summed E-state index contributed by atoms with van der Waals surface area (Å²) in [6.45, 7) is 6.67. The Morgan fingerprint density at radius 2 is 2.07 bits per heavy atom. The van der Waals surface area contributed by atoms with Crippen LogP contribution in [0.1, 0.15) is 32.6 Å². The maximum absolute atomic E-state index is 5.70. The van der Waals surface area contributed by atoms with E-state index in [0.717, 1.165) is 6.54 Å². The van der Waals surface area contributed by atoms with Crippen LogP contribution >= 0.6 is 0 Å². The molecule has 0 radical (unpaired) electrons. The third kappa shape index (κ3) is 4.49. The highest BCUT2D eigenvalue weighted by Crippen LogP contribution is 2.15. The second-order valence-electron chi connectivity index (χ2n) is 4.58. The molecule has 0 amide bonds. The van der Waals surface area contributed by atoms with Crippen LogP contribution in [0.3, 0.4) is 0 Å². The molecule has 0 aromatic rings. The molecule has 0 bridgehead atoms. The monoisotopic (exact) mass is 214 g/mol. The first-order valence-electron chi connectivity index (χ1n) is 6.25. The predicted molar refractivity (Wildman–Crippen MR) is 63.9 cm³/mol. The fourth-order valence-electron chi connectivity index (χ4n) is 2.22. The third-order valence-electron chi connectivity index (χ3n) is 3.63. The standard InChI is InChI=1S/C12H26N2O/c1-3-11(10-13)4-7-14-8-5-12(15-2)6-9-14/h11-12H,3-10,13H2,1-2H3. The Bertz CT molecular complexity index is 152. The van der Waals surface area contributed by atoms with Crippen molar-refractivity contribution in [3.63, 3.8) is 0 Å². The van der Waals surface area contributed by atoms with Crippen molar-refractivity contribution in [1.82, 2.24) is 4.90 Å². The number of hydrogen-bond donors (Lipinski definition) is 1. The van der Waals surface area contributed by atoms with E-state index in [-0.39, 0.29) is 0 Å². The van der Waals surface area contributed by atoms with Crippen LogP contribution < -0.4 is 5.73 Å². The van der Waals surface area contributed by atoms with Gasteiger partial charge in [0.2, 0.25) is 0 Å². The molecular weight excluding hydrogens is 188 g/mol. The molecule has 1 rings (SSSR count). The van der Waals surface area contributed by atoms with Crippen LogP contribution in [0.5, 0.6) is 0 Å². The molecular formula is C12H26N2O. The van der Waals surface area contributed by atoms with Crippen LogP contribution in [0.15, 0.2) is 0 Å². The lowest BCUT2D eigenvalue weighted by molar-refractivity contribution is 0.0396. The lowest BCUT2D eigenvalue weighted by Crippen LogP contribution is -2.38. The van der Waals surface area contributed by atoms with Crippen LogP contribution in [-0.4, -0.2) is 44.3 Å². The molecule has 90 valence electrons. The first kappa shape index (κ1) is 12.9. The number of likely N-dealkylation sites (tertiary alicyclic amines) is 1. The van der Waals surface area contributed by atoms with Crippen molar-refractivity contribution < 1.29 is 4.74 Å². The zero-order chi connectivity index (χ0) is 11.1. The molecule has 1 saturated heterocycles. The van der Waals surface area contributed by atoms with Crippen molar-refractivity contribution in [3.8, 4) is 0 Å². The number of piperidine rings is 1. The van der Waals surface area contributed by atoms with E-state index in [9.17, 15) is 0 Å². The summed E-state index contributed by atoms with van der Waals surface area (Å²) in [6, 6.07) is 0. The van der Waals surface area contributed by atoms with E-state index >= 15 is 0 Å². The molecule has 3 heteroatoms. The number of rotatable bonds is 6. The van der Waals surface area contributed by atoms with Gasteiger partial charge in [-0.15, -0.1) is 0 Å². The summed E-state index contributed by atoms with van der Waals surface area (Å²) < 4.78 is 5.36. The van der Waals surface area contributed by atoms with Crippen LogP contribution in [0.2, 0.25) is 0 Å². The fraction of sp³-hybridized carbons (Fsp3) is 1.00. The fourth-order valence-corrected chi connectivity index (χ4v) is 2.22. The normalized spacial score (nSPS) is 21.8. The van der Waals surface area contributed by atoms with Crippen LogP contribution in [0.4, 0.5) is 0 Å². The van der Waals surface area contributed by atoms with Crippen molar-refractivity contribution in [2.45, 2.75) is 38.7 Å². The molecule has 0 aromatic heterocycles. The van der Waals surface area contributed by atoms with Gasteiger partial charge in [0.15, 0.2) is 0 Å². The predicted octanol–water partition coefficient (Wildman–Crippen LogP) is 1.47. The smallest absolute Gasteiger partial charge is 0.0595 e. The maximum atomic E-state index is 5.70. The first-order chi connectivity index (χ1) is 7.30. The van der Waals surface area contributed by atoms with Crippen molar-refractivity contribution in [1.29, 1.82) is 0 Å². The second-order valence-corrected chi connectivity index (χ2v) is 4.58. The molecule has 2 N–H and O–H groups in total. The largest absolute Gasteiger partial charge is 0.381 e. The summed E-state index contributed by atoms with van der Waals surface area (Å²) in [6.07, 6.45) is 5.35. The molecule has 3 nitrogen and oxygen atoms in total. The molecule has 1 aliphatic rings. The molecule has 0 spiro atoms. The molecule has 1 fully saturated rings. The Morgan fingerprint density at radius 3 is 2.53 bits per heavy atom. The minimum atomic E-state index is 0.498. The van der Waals surface area contributed by atoms with Gasteiger partial charge in [-0.2, -0.15) is 0 Å². The topological polar surface area (TPSA) is 38.5 Å². The highest BCUT2D eigenvalue weighted by atomic mass is 16.5. The average Bonchev–Trinajstić information content (AvgIpc) is 2.31. The summed E-state index contributed by atoms with van der Waals surface area (Å²) in [4.78, 5) is 2.55. The van der Waals surface area contributed by atoms with Crippen LogP contribution in [0, 0.1) is 5.92 Å². The summed E-state index contributed by atoms with van der Waals surface area (Å²) in [7, 11) is 1.82. The van der Waals surface area contributed by atoms with Crippen molar-refractivity contribution in [3.05, 3.63) is 0 Å². The molecule has 1 unspecified atom stereocenters. The number of nitrogens with zero attached hydrogens (tertiary/aromatic N) is 1. The van der Waals surface area contributed by atoms with Gasteiger partial charge in [0.05, 0.1) is 6.10 Å². The van der Waals surface area contributed by atoms with Crippen molar-refractivity contribution in [2.75, 3.05) is 33.3 Å². The van der Waals surface area contributed by atoms with Gasteiger partial charge in [0, 0.05) is 20.2 Å². The van der Waals surface area contributed by atoms with E-state index < -0.39 is 0 Å². The Morgan fingerprint density at radius 1 is 1.40 bits per heavy atom. The molecule has 1 atom stereocenters. The SMILES string of the molecule is CCC(CN)CCN1CCC(OC)CC1. The Kier molecular flexibility index (Phi) is 6.22. The van der Waals surface area contributed by atoms with Gasteiger partial charge in [0.1, 0.15) is 0 Å². The Labute approximate surface area is 94.0 Å². The van der Waals surface area contributed by atoms with Gasteiger partial charge in [0.25, 0.3) is 0 Å². The van der Waals surface area contributed by atoms with E-state index in [4.69, 9.17) is 10.5 Å². The van der Waals surface area contributed by atoms with Crippen molar-refractivity contribution >= 4 is 0 Å². The van der Waals surface area contributed by atoms with E-state index in [1.807, 2.05) is 7.11 Å². The lowest BCUT2D eigenvalue weighted by Gasteiger charge is -2.31. The Balaban J connectivity index is 2.12. The van der Waals surface area contributed by atoms with Gasteiger partial charge in [-0.3, -0.25) is 0 Å². The number of hydrogen-bond acceptors (Lipinski definition) is 3. The second kappa shape index (κ2) is 7.20. The molecule has 0 saturated carbocycles. The third-order valence-corrected chi connectivity index (χ3v) is 3.63. The molecule has 0 aliphatic carbocycles. The van der Waals surface area contributed by atoms with Crippen LogP contribution in [0.25, 0.3) is 0 Å². The molecule has 1 aliphatic heterocycles. The van der Waals surface area contributed by atoms with Crippen LogP contribution in [-0.2, 0) is 4.74 Å². The maximum Gasteiger partial charge on any atom is 0.0595 e. The quantitative estimate of drug-likeness (QED) is 0.728. The Hall–Kier alpha value is -0.120. The highest BCUT2D eigenvalue weighted by Gasteiger charge is 2.18. The van der Waals surface area contributed by atoms with E-state index in [2.05, 4.69) is 11.8 Å². The minimum Gasteiger partial charge on any atom is -0.381 e. The van der Waals surface area contributed by atoms with Gasteiger partial charge < -0.3 is 15.4 Å². The van der Waals surface area contributed by atoms with E-state index in [1.165, 1.54) is 45.3 Å². The highest BCUT2D eigenvalue weighted by molar-refractivity contribution is 4.73. The molecule has 15 heavy (non-hydrogen) atoms. The summed E-state index contributed by atoms with van der Waals surface area (Å²) in [5, 5.41) is 0.